The van der Waals surface area contributed by atoms with Crippen LogP contribution in [-0.4, -0.2) is 11.2 Å². The van der Waals surface area contributed by atoms with Gasteiger partial charge in [-0.1, -0.05) is 42.5 Å². The van der Waals surface area contributed by atoms with Crippen LogP contribution in [0.1, 0.15) is 31.4 Å². The lowest BCUT2D eigenvalue weighted by molar-refractivity contribution is -0.107. The van der Waals surface area contributed by atoms with E-state index in [0.717, 1.165) is 34.4 Å². The second-order valence-corrected chi connectivity index (χ2v) is 5.38. The molecule has 0 saturated heterocycles. The molecule has 0 aliphatic carbocycles. The van der Waals surface area contributed by atoms with Gasteiger partial charge in [-0.15, -0.1) is 0 Å². The van der Waals surface area contributed by atoms with Gasteiger partial charge in [0, 0.05) is 24.0 Å². The first kappa shape index (κ1) is 15.0. The van der Waals surface area contributed by atoms with Crippen molar-refractivity contribution in [3.63, 3.8) is 0 Å². The van der Waals surface area contributed by atoms with Crippen LogP contribution in [0.4, 0.5) is 0 Å². The Morgan fingerprint density at radius 1 is 1.19 bits per heavy atom. The molecule has 0 N–H and O–H groups in total. The van der Waals surface area contributed by atoms with Gasteiger partial charge in [0.2, 0.25) is 0 Å². The van der Waals surface area contributed by atoms with Crippen molar-refractivity contribution in [1.29, 1.82) is 0 Å². The molecule has 1 heterocycles. The van der Waals surface area contributed by atoms with E-state index in [1.165, 1.54) is 5.56 Å². The van der Waals surface area contributed by atoms with Gasteiger partial charge in [-0.05, 0) is 43.6 Å². The van der Waals surface area contributed by atoms with E-state index >= 15 is 0 Å². The molecule has 0 saturated carbocycles. The van der Waals surface area contributed by atoms with Gasteiger partial charge in [0.25, 0.3) is 0 Å². The molecule has 0 atom stereocenters. The molecule has 0 aromatic heterocycles. The summed E-state index contributed by atoms with van der Waals surface area (Å²) in [6.45, 7) is 10.2. The summed E-state index contributed by atoms with van der Waals surface area (Å²) < 4.78 is 0. The minimum Gasteiger partial charge on any atom is -0.321 e. The zero-order valence-electron chi connectivity index (χ0n) is 12.9. The summed E-state index contributed by atoms with van der Waals surface area (Å²) in [6.07, 6.45) is 7.35. The van der Waals surface area contributed by atoms with Gasteiger partial charge in [0.1, 0.15) is 6.29 Å². The highest BCUT2D eigenvalue weighted by molar-refractivity contribution is 5.71. The molecule has 0 radical (unpaired) electrons. The zero-order chi connectivity index (χ0) is 15.4. The van der Waals surface area contributed by atoms with Gasteiger partial charge in [-0.2, -0.15) is 0 Å². The second-order valence-electron chi connectivity index (χ2n) is 5.38. The van der Waals surface area contributed by atoms with Crippen LogP contribution in [0.2, 0.25) is 0 Å². The third-order valence-electron chi connectivity index (χ3n) is 3.67. The number of aryl methyl sites for hydroxylation is 1. The van der Waals surface area contributed by atoms with Crippen molar-refractivity contribution in [3.8, 4) is 0 Å². The second kappa shape index (κ2) is 6.40. The summed E-state index contributed by atoms with van der Waals surface area (Å²) in [6, 6.07) is 8.36. The number of nitrogens with zero attached hydrogens (tertiary/aromatic N) is 1. The molecule has 2 heteroatoms. The van der Waals surface area contributed by atoms with Crippen molar-refractivity contribution in [3.05, 3.63) is 77.3 Å². The molecular formula is C19H21NO. The Morgan fingerprint density at radius 3 is 2.48 bits per heavy atom. The first-order valence-electron chi connectivity index (χ1n) is 7.08. The number of benzene rings is 1. The monoisotopic (exact) mass is 279 g/mol. The maximum atomic E-state index is 11.1. The molecule has 1 aromatic carbocycles. The summed E-state index contributed by atoms with van der Waals surface area (Å²) in [5.41, 5.74) is 6.45. The standard InChI is InChI=1S/C19H21NO/c1-14-6-9-18(10-7-14)17(4)19(11-12-21)20-13-15(2)5-8-16(20)3/h5-10,12-13H,3,11H2,1-2,4H3/b19-17+. The molecular weight excluding hydrogens is 258 g/mol. The Labute approximate surface area is 126 Å². The maximum absolute atomic E-state index is 11.1. The molecule has 1 aromatic rings. The third kappa shape index (κ3) is 3.40. The molecule has 0 unspecified atom stereocenters. The number of hydrogen-bond donors (Lipinski definition) is 0. The molecule has 1 aliphatic heterocycles. The van der Waals surface area contributed by atoms with Gasteiger partial charge in [0.05, 0.1) is 0 Å². The first-order valence-corrected chi connectivity index (χ1v) is 7.08. The van der Waals surface area contributed by atoms with Crippen molar-refractivity contribution in [1.82, 2.24) is 4.90 Å². The van der Waals surface area contributed by atoms with Crippen LogP contribution < -0.4 is 0 Å². The Hall–Kier alpha value is -2.35. The Morgan fingerprint density at radius 2 is 1.86 bits per heavy atom. The van der Waals surface area contributed by atoms with Crippen LogP contribution >= 0.6 is 0 Å². The lowest BCUT2D eigenvalue weighted by Crippen LogP contribution is -2.18. The molecule has 0 spiro atoms. The predicted molar refractivity (Wildman–Crippen MR) is 88.3 cm³/mol. The molecule has 2 nitrogen and oxygen atoms in total. The van der Waals surface area contributed by atoms with Crippen LogP contribution in [0.25, 0.3) is 5.57 Å². The molecule has 1 aliphatic rings. The lowest BCUT2D eigenvalue weighted by Gasteiger charge is -2.28. The van der Waals surface area contributed by atoms with E-state index in [-0.39, 0.29) is 0 Å². The van der Waals surface area contributed by atoms with Crippen LogP contribution in [0.15, 0.2) is 66.2 Å². The summed E-state index contributed by atoms with van der Waals surface area (Å²) in [5.74, 6) is 0. The van der Waals surface area contributed by atoms with E-state index in [4.69, 9.17) is 0 Å². The fourth-order valence-corrected chi connectivity index (χ4v) is 2.37. The first-order chi connectivity index (χ1) is 10.0. The molecule has 21 heavy (non-hydrogen) atoms. The lowest BCUT2D eigenvalue weighted by atomic mass is 10.0. The van der Waals surface area contributed by atoms with Crippen LogP contribution in [0.5, 0.6) is 0 Å². The quantitative estimate of drug-likeness (QED) is 0.750. The number of hydrogen-bond acceptors (Lipinski definition) is 2. The number of aldehydes is 1. The summed E-state index contributed by atoms with van der Waals surface area (Å²) in [7, 11) is 0. The van der Waals surface area contributed by atoms with Crippen LogP contribution in [0.3, 0.4) is 0 Å². The predicted octanol–water partition coefficient (Wildman–Crippen LogP) is 4.60. The van der Waals surface area contributed by atoms with E-state index in [0.29, 0.717) is 6.42 Å². The highest BCUT2D eigenvalue weighted by Crippen LogP contribution is 2.29. The Bertz CT molecular complexity index is 645. The highest BCUT2D eigenvalue weighted by Gasteiger charge is 2.15. The molecule has 0 amide bonds. The number of carbonyl (C=O) groups is 1. The van der Waals surface area contributed by atoms with Crippen molar-refractivity contribution < 1.29 is 4.79 Å². The van der Waals surface area contributed by atoms with Gasteiger partial charge in [-0.3, -0.25) is 0 Å². The summed E-state index contributed by atoms with van der Waals surface area (Å²) in [4.78, 5) is 13.1. The smallest absolute Gasteiger partial charge is 0.125 e. The zero-order valence-corrected chi connectivity index (χ0v) is 12.9. The Balaban J connectivity index is 2.48. The molecule has 0 bridgehead atoms. The average molecular weight is 279 g/mol. The largest absolute Gasteiger partial charge is 0.321 e. The van der Waals surface area contributed by atoms with Crippen molar-refractivity contribution in [2.45, 2.75) is 27.2 Å². The fourth-order valence-electron chi connectivity index (χ4n) is 2.37. The van der Waals surface area contributed by atoms with Crippen molar-refractivity contribution in [2.24, 2.45) is 0 Å². The van der Waals surface area contributed by atoms with Gasteiger partial charge in [0.15, 0.2) is 0 Å². The number of rotatable bonds is 4. The average Bonchev–Trinajstić information content (AvgIpc) is 2.48. The van der Waals surface area contributed by atoms with Gasteiger partial charge >= 0.3 is 0 Å². The SMILES string of the molecule is C=C1C=CC(C)=CN1/C(CC=O)=C(\C)c1ccc(C)cc1. The summed E-state index contributed by atoms with van der Waals surface area (Å²) >= 11 is 0. The number of allylic oxidation sites excluding steroid dienone is 5. The van der Waals surface area contributed by atoms with E-state index < -0.39 is 0 Å². The van der Waals surface area contributed by atoms with Gasteiger partial charge in [-0.25, -0.2) is 0 Å². The normalized spacial score (nSPS) is 15.7. The van der Waals surface area contributed by atoms with Crippen LogP contribution in [-0.2, 0) is 4.79 Å². The van der Waals surface area contributed by atoms with E-state index in [2.05, 4.69) is 44.7 Å². The summed E-state index contributed by atoms with van der Waals surface area (Å²) in [5, 5.41) is 0. The molecule has 108 valence electrons. The third-order valence-corrected chi connectivity index (χ3v) is 3.67. The molecule has 2 rings (SSSR count). The minimum atomic E-state index is 0.371. The topological polar surface area (TPSA) is 20.3 Å². The van der Waals surface area contributed by atoms with E-state index in [1.807, 2.05) is 30.2 Å². The Kier molecular flexibility index (Phi) is 4.59. The maximum Gasteiger partial charge on any atom is 0.125 e. The van der Waals surface area contributed by atoms with Gasteiger partial charge < -0.3 is 9.69 Å². The molecule has 0 fully saturated rings. The van der Waals surface area contributed by atoms with Crippen molar-refractivity contribution in [2.75, 3.05) is 0 Å². The highest BCUT2D eigenvalue weighted by atomic mass is 16.1. The van der Waals surface area contributed by atoms with E-state index in [1.54, 1.807) is 0 Å². The van der Waals surface area contributed by atoms with E-state index in [9.17, 15) is 4.79 Å². The minimum absolute atomic E-state index is 0.371. The number of carbonyl (C=O) groups excluding carboxylic acids is 1. The van der Waals surface area contributed by atoms with Crippen molar-refractivity contribution >= 4 is 11.9 Å². The van der Waals surface area contributed by atoms with Crippen LogP contribution in [0, 0.1) is 6.92 Å². The fraction of sp³-hybridized carbons (Fsp3) is 0.211.